The van der Waals surface area contributed by atoms with Crippen molar-refractivity contribution in [3.63, 3.8) is 0 Å². The van der Waals surface area contributed by atoms with Crippen LogP contribution in [0, 0.1) is 0 Å². The molecular weight excluding hydrogens is 400 g/mol. The molecule has 4 aromatic carbocycles. The first-order valence-electron chi connectivity index (χ1n) is 10.1. The first-order chi connectivity index (χ1) is 15.3. The molecule has 1 heterocycles. The largest absolute Gasteiger partial charge is 0.228 e. The molecule has 0 aliphatic heterocycles. The van der Waals surface area contributed by atoms with Gasteiger partial charge in [0.25, 0.3) is 0 Å². The number of aromatic nitrogens is 2. The lowest BCUT2D eigenvalue weighted by Crippen LogP contribution is -1.96. The average Bonchev–Trinajstić information content (AvgIpc) is 2.85. The van der Waals surface area contributed by atoms with Crippen LogP contribution < -0.4 is 0 Å². The molecule has 0 spiro atoms. The molecule has 0 atom stereocenters. The normalized spacial score (nSPS) is 10.7. The predicted molar refractivity (Wildman–Crippen MR) is 129 cm³/mol. The van der Waals surface area contributed by atoms with Gasteiger partial charge in [-0.25, -0.2) is 9.97 Å². The molecule has 0 unspecified atom stereocenters. The molecule has 0 radical (unpaired) electrons. The minimum Gasteiger partial charge on any atom is -0.228 e. The van der Waals surface area contributed by atoms with Gasteiger partial charge in [0.2, 0.25) is 0 Å². The quantitative estimate of drug-likeness (QED) is 0.297. The second-order valence-corrected chi connectivity index (χ2v) is 7.66. The summed E-state index contributed by atoms with van der Waals surface area (Å²) in [4.78, 5) is 9.72. The smallest absolute Gasteiger partial charge is 0.160 e. The molecule has 0 N–H and O–H groups in total. The van der Waals surface area contributed by atoms with Gasteiger partial charge in [-0.1, -0.05) is 115 Å². The molecule has 0 saturated carbocycles. The molecule has 3 heteroatoms. The number of hydrogen-bond acceptors (Lipinski definition) is 2. The Morgan fingerprint density at radius 2 is 0.968 bits per heavy atom. The highest BCUT2D eigenvalue weighted by atomic mass is 35.5. The lowest BCUT2D eigenvalue weighted by molar-refractivity contribution is 1.18. The van der Waals surface area contributed by atoms with E-state index in [-0.39, 0.29) is 0 Å². The van der Waals surface area contributed by atoms with E-state index in [1.165, 1.54) is 0 Å². The van der Waals surface area contributed by atoms with Gasteiger partial charge in [-0.2, -0.15) is 0 Å². The van der Waals surface area contributed by atoms with Crippen LogP contribution in [-0.2, 0) is 0 Å². The Kier molecular flexibility index (Phi) is 5.30. The molecule has 5 rings (SSSR count). The molecule has 0 fully saturated rings. The molecular formula is C28H19ClN2. The van der Waals surface area contributed by atoms with E-state index < -0.39 is 0 Å². The number of nitrogens with zero attached hydrogens (tertiary/aromatic N) is 2. The van der Waals surface area contributed by atoms with E-state index in [2.05, 4.69) is 36.4 Å². The van der Waals surface area contributed by atoms with Gasteiger partial charge in [0.05, 0.1) is 11.4 Å². The van der Waals surface area contributed by atoms with Crippen molar-refractivity contribution < 1.29 is 0 Å². The van der Waals surface area contributed by atoms with Crippen LogP contribution in [0.5, 0.6) is 0 Å². The maximum absolute atomic E-state index is 6.68. The fraction of sp³-hybridized carbons (Fsp3) is 0. The molecule has 1 aromatic heterocycles. The number of halogens is 1. The molecule has 0 bridgehead atoms. The van der Waals surface area contributed by atoms with Crippen molar-refractivity contribution in [3.8, 4) is 45.0 Å². The van der Waals surface area contributed by atoms with Gasteiger partial charge >= 0.3 is 0 Å². The molecule has 0 saturated heterocycles. The Morgan fingerprint density at radius 1 is 0.452 bits per heavy atom. The van der Waals surface area contributed by atoms with Crippen LogP contribution in [-0.4, -0.2) is 9.97 Å². The summed E-state index contributed by atoms with van der Waals surface area (Å²) < 4.78 is 0. The Balaban J connectivity index is 1.64. The van der Waals surface area contributed by atoms with Crippen LogP contribution in [0.1, 0.15) is 0 Å². The zero-order valence-corrected chi connectivity index (χ0v) is 17.5. The van der Waals surface area contributed by atoms with E-state index in [1.54, 1.807) is 0 Å². The fourth-order valence-corrected chi connectivity index (χ4v) is 3.88. The van der Waals surface area contributed by atoms with Crippen molar-refractivity contribution in [1.82, 2.24) is 9.97 Å². The van der Waals surface area contributed by atoms with Crippen LogP contribution in [0.15, 0.2) is 115 Å². The fourth-order valence-electron chi connectivity index (χ4n) is 3.59. The van der Waals surface area contributed by atoms with E-state index in [1.807, 2.05) is 78.9 Å². The number of benzene rings is 4. The molecule has 148 valence electrons. The maximum Gasteiger partial charge on any atom is 0.160 e. The number of hydrogen-bond donors (Lipinski definition) is 0. The van der Waals surface area contributed by atoms with Crippen molar-refractivity contribution in [2.45, 2.75) is 0 Å². The molecule has 0 aliphatic rings. The third-order valence-corrected chi connectivity index (χ3v) is 5.49. The summed E-state index contributed by atoms with van der Waals surface area (Å²) in [5.41, 5.74) is 6.82. The zero-order chi connectivity index (χ0) is 21.0. The third-order valence-electron chi connectivity index (χ3n) is 5.18. The van der Waals surface area contributed by atoms with E-state index in [0.29, 0.717) is 10.8 Å². The van der Waals surface area contributed by atoms with E-state index in [9.17, 15) is 0 Å². The lowest BCUT2D eigenvalue weighted by atomic mass is 10.0. The summed E-state index contributed by atoms with van der Waals surface area (Å²) in [6.45, 7) is 0. The van der Waals surface area contributed by atoms with Crippen molar-refractivity contribution in [2.24, 2.45) is 0 Å². The predicted octanol–water partition coefficient (Wildman–Crippen LogP) is 7.80. The van der Waals surface area contributed by atoms with Gasteiger partial charge < -0.3 is 0 Å². The van der Waals surface area contributed by atoms with Gasteiger partial charge in [-0.3, -0.25) is 0 Å². The van der Waals surface area contributed by atoms with Gasteiger partial charge in [0, 0.05) is 27.3 Å². The highest BCUT2D eigenvalue weighted by molar-refractivity contribution is 6.33. The van der Waals surface area contributed by atoms with Gasteiger partial charge in [0.1, 0.15) is 0 Å². The molecule has 31 heavy (non-hydrogen) atoms. The maximum atomic E-state index is 6.68. The number of rotatable bonds is 4. The Morgan fingerprint density at radius 3 is 1.55 bits per heavy atom. The van der Waals surface area contributed by atoms with Crippen LogP contribution in [0.25, 0.3) is 45.0 Å². The SMILES string of the molecule is Clc1cc(-c2cc(-c3ccccc3)nc(-c3ccccc3)n2)ccc1-c1ccccc1. The first-order valence-corrected chi connectivity index (χ1v) is 10.5. The minimum atomic E-state index is 0.695. The molecule has 0 aliphatic carbocycles. The summed E-state index contributed by atoms with van der Waals surface area (Å²) in [5.74, 6) is 0.695. The first kappa shape index (κ1) is 19.2. The molecule has 2 nitrogen and oxygen atoms in total. The monoisotopic (exact) mass is 418 g/mol. The summed E-state index contributed by atoms with van der Waals surface area (Å²) in [6.07, 6.45) is 0. The highest BCUT2D eigenvalue weighted by Gasteiger charge is 2.12. The van der Waals surface area contributed by atoms with Gasteiger partial charge in [0.15, 0.2) is 5.82 Å². The molecule has 0 amide bonds. The summed E-state index contributed by atoms with van der Waals surface area (Å²) in [7, 11) is 0. The van der Waals surface area contributed by atoms with Crippen molar-refractivity contribution in [1.29, 1.82) is 0 Å². The lowest BCUT2D eigenvalue weighted by Gasteiger charge is -2.11. The standard InChI is InChI=1S/C28H19ClN2/c29-25-18-23(16-17-24(25)20-10-4-1-5-11-20)27-19-26(21-12-6-2-7-13-21)30-28(31-27)22-14-8-3-9-15-22/h1-19H. The second-order valence-electron chi connectivity index (χ2n) is 7.25. The van der Waals surface area contributed by atoms with Crippen LogP contribution in [0.2, 0.25) is 5.02 Å². The second kappa shape index (κ2) is 8.55. The van der Waals surface area contributed by atoms with E-state index in [0.717, 1.165) is 39.2 Å². The average molecular weight is 419 g/mol. The van der Waals surface area contributed by atoms with Crippen LogP contribution in [0.3, 0.4) is 0 Å². The zero-order valence-electron chi connectivity index (χ0n) is 16.7. The topological polar surface area (TPSA) is 25.8 Å². The van der Waals surface area contributed by atoms with Gasteiger partial charge in [-0.05, 0) is 17.7 Å². The van der Waals surface area contributed by atoms with Gasteiger partial charge in [-0.15, -0.1) is 0 Å². The Hall–Kier alpha value is -3.75. The van der Waals surface area contributed by atoms with E-state index in [4.69, 9.17) is 21.6 Å². The summed E-state index contributed by atoms with van der Waals surface area (Å²) in [5, 5.41) is 0.699. The Labute approximate surface area is 186 Å². The third kappa shape index (κ3) is 4.11. The minimum absolute atomic E-state index is 0.695. The van der Waals surface area contributed by atoms with Crippen molar-refractivity contribution >= 4 is 11.6 Å². The Bertz CT molecular complexity index is 1260. The van der Waals surface area contributed by atoms with Crippen LogP contribution >= 0.6 is 11.6 Å². The molecule has 5 aromatic rings. The summed E-state index contributed by atoms with van der Waals surface area (Å²) >= 11 is 6.68. The van der Waals surface area contributed by atoms with Crippen molar-refractivity contribution in [2.75, 3.05) is 0 Å². The summed E-state index contributed by atoms with van der Waals surface area (Å²) in [6, 6.07) is 38.5. The van der Waals surface area contributed by atoms with Crippen LogP contribution in [0.4, 0.5) is 0 Å². The van der Waals surface area contributed by atoms with E-state index >= 15 is 0 Å². The highest BCUT2D eigenvalue weighted by Crippen LogP contribution is 2.33. The van der Waals surface area contributed by atoms with Crippen molar-refractivity contribution in [3.05, 3.63) is 120 Å².